The average Bonchev–Trinajstić information content (AvgIpc) is 2.96. The molecule has 0 saturated carbocycles. The minimum absolute atomic E-state index is 0.0101. The van der Waals surface area contributed by atoms with Crippen LogP contribution in [0.3, 0.4) is 0 Å². The van der Waals surface area contributed by atoms with Crippen LogP contribution in [0.15, 0.2) is 40.9 Å². The number of fused-ring (bicyclic) bond motifs is 1. The molecule has 0 spiro atoms. The maximum atomic E-state index is 13.6. The van der Waals surface area contributed by atoms with Crippen LogP contribution in [0.4, 0.5) is 17.6 Å². The highest BCUT2D eigenvalue weighted by Gasteiger charge is 2.35. The maximum absolute atomic E-state index is 13.6. The summed E-state index contributed by atoms with van der Waals surface area (Å²) in [6, 6.07) is 6.67. The number of rotatable bonds is 2. The van der Waals surface area contributed by atoms with Crippen molar-refractivity contribution in [3.05, 3.63) is 59.5 Å². The van der Waals surface area contributed by atoms with Gasteiger partial charge in [0.15, 0.2) is 17.3 Å². The normalized spacial score (nSPS) is 11.3. The lowest BCUT2D eigenvalue weighted by molar-refractivity contribution is -0.136. The Morgan fingerprint density at radius 2 is 1.96 bits per heavy atom. The number of nitrogens with zero attached hydrogens (tertiary/aromatic N) is 2. The first-order valence-electron chi connectivity index (χ1n) is 7.00. The first kappa shape index (κ1) is 16.0. The Balaban J connectivity index is 1.81. The van der Waals surface area contributed by atoms with E-state index in [2.05, 4.69) is 21.8 Å². The quantitative estimate of drug-likeness (QED) is 0.516. The Bertz CT molecular complexity index is 921. The Morgan fingerprint density at radius 3 is 2.67 bits per heavy atom. The van der Waals surface area contributed by atoms with E-state index in [1.54, 1.807) is 24.4 Å². The summed E-state index contributed by atoms with van der Waals surface area (Å²) < 4.78 is 57.5. The lowest BCUT2D eigenvalue weighted by Gasteiger charge is -2.05. The van der Waals surface area contributed by atoms with Gasteiger partial charge in [0.1, 0.15) is 11.2 Å². The number of benzene rings is 1. The van der Waals surface area contributed by atoms with Gasteiger partial charge in [0.05, 0.1) is 5.56 Å². The van der Waals surface area contributed by atoms with Gasteiger partial charge in [-0.1, -0.05) is 12.0 Å². The molecule has 0 saturated heterocycles. The fourth-order valence-corrected chi connectivity index (χ4v) is 2.11. The van der Waals surface area contributed by atoms with Crippen molar-refractivity contribution in [2.45, 2.75) is 19.0 Å². The van der Waals surface area contributed by atoms with Crippen molar-refractivity contribution in [3.63, 3.8) is 0 Å². The lowest BCUT2D eigenvalue weighted by Crippen LogP contribution is -2.06. The van der Waals surface area contributed by atoms with Gasteiger partial charge in [-0.2, -0.15) is 13.2 Å². The minimum atomic E-state index is -4.63. The van der Waals surface area contributed by atoms with E-state index >= 15 is 0 Å². The molecule has 7 heteroatoms. The fraction of sp³-hybridized carbons (Fsp3) is 0.176. The van der Waals surface area contributed by atoms with Crippen LogP contribution in [-0.4, -0.2) is 9.97 Å². The third-order valence-electron chi connectivity index (χ3n) is 3.19. The van der Waals surface area contributed by atoms with Crippen molar-refractivity contribution in [1.29, 1.82) is 0 Å². The second-order valence-electron chi connectivity index (χ2n) is 4.89. The molecule has 0 radical (unpaired) electrons. The van der Waals surface area contributed by atoms with Gasteiger partial charge in [-0.05, 0) is 30.2 Å². The summed E-state index contributed by atoms with van der Waals surface area (Å²) in [4.78, 5) is 7.80. The van der Waals surface area contributed by atoms with Crippen LogP contribution in [0.25, 0.3) is 11.1 Å². The van der Waals surface area contributed by atoms with Crippen molar-refractivity contribution >= 4 is 11.1 Å². The van der Waals surface area contributed by atoms with Crippen LogP contribution in [0.5, 0.6) is 0 Å². The molecule has 0 N–H and O–H groups in total. The standard InChI is InChI=1S/C17H10F4N2O/c18-13-9-8-12(17(19,20)21)15-16(13)24-14(23-15)7-2-1-5-11-6-3-4-10-22-11/h3-4,6,8-10H,2,7H2. The Labute approximate surface area is 134 Å². The van der Waals surface area contributed by atoms with Gasteiger partial charge in [-0.25, -0.2) is 14.4 Å². The predicted molar refractivity (Wildman–Crippen MR) is 78.4 cm³/mol. The lowest BCUT2D eigenvalue weighted by atomic mass is 10.2. The summed E-state index contributed by atoms with van der Waals surface area (Å²) in [7, 11) is 0. The van der Waals surface area contributed by atoms with Crippen LogP contribution >= 0.6 is 0 Å². The van der Waals surface area contributed by atoms with Crippen LogP contribution in [0, 0.1) is 17.7 Å². The van der Waals surface area contributed by atoms with E-state index in [4.69, 9.17) is 4.42 Å². The fourth-order valence-electron chi connectivity index (χ4n) is 2.11. The second-order valence-corrected chi connectivity index (χ2v) is 4.89. The molecule has 0 bridgehead atoms. The molecule has 0 aliphatic rings. The van der Waals surface area contributed by atoms with E-state index in [0.29, 0.717) is 18.2 Å². The number of pyridine rings is 1. The predicted octanol–water partition coefficient (Wildman–Crippen LogP) is 4.37. The zero-order chi connectivity index (χ0) is 17.2. The summed E-state index contributed by atoms with van der Waals surface area (Å²) >= 11 is 0. The van der Waals surface area contributed by atoms with Crippen LogP contribution in [-0.2, 0) is 12.6 Å². The SMILES string of the molecule is Fc1ccc(C(F)(F)F)c2nc(CCC#Cc3ccccn3)oc12. The van der Waals surface area contributed by atoms with Gasteiger partial charge in [-0.15, -0.1) is 0 Å². The van der Waals surface area contributed by atoms with Crippen molar-refractivity contribution in [2.24, 2.45) is 0 Å². The molecule has 3 aromatic rings. The summed E-state index contributed by atoms with van der Waals surface area (Å²) in [5.74, 6) is 4.77. The van der Waals surface area contributed by atoms with Crippen molar-refractivity contribution in [2.75, 3.05) is 0 Å². The summed E-state index contributed by atoms with van der Waals surface area (Å²) in [6.07, 6.45) is -2.55. The third-order valence-corrected chi connectivity index (χ3v) is 3.19. The van der Waals surface area contributed by atoms with Gasteiger partial charge in [0, 0.05) is 19.0 Å². The molecule has 0 unspecified atom stereocenters. The Morgan fingerprint density at radius 1 is 1.12 bits per heavy atom. The second kappa shape index (κ2) is 6.32. The molecular formula is C17H10F4N2O. The van der Waals surface area contributed by atoms with Gasteiger partial charge >= 0.3 is 6.18 Å². The minimum Gasteiger partial charge on any atom is -0.438 e. The van der Waals surface area contributed by atoms with Gasteiger partial charge < -0.3 is 4.42 Å². The number of alkyl halides is 3. The van der Waals surface area contributed by atoms with E-state index < -0.39 is 28.7 Å². The van der Waals surface area contributed by atoms with Crippen LogP contribution in [0.1, 0.15) is 23.6 Å². The van der Waals surface area contributed by atoms with Gasteiger partial charge in [0.2, 0.25) is 0 Å². The Hall–Kier alpha value is -2.88. The van der Waals surface area contributed by atoms with Crippen molar-refractivity contribution < 1.29 is 22.0 Å². The molecule has 0 aliphatic heterocycles. The molecule has 1 aromatic carbocycles. The van der Waals surface area contributed by atoms with Crippen LogP contribution in [0.2, 0.25) is 0 Å². The summed E-state index contributed by atoms with van der Waals surface area (Å²) in [6.45, 7) is 0. The average molecular weight is 334 g/mol. The van der Waals surface area contributed by atoms with E-state index in [1.165, 1.54) is 0 Å². The van der Waals surface area contributed by atoms with Gasteiger partial charge in [-0.3, -0.25) is 0 Å². The molecule has 0 fully saturated rings. The highest BCUT2D eigenvalue weighted by Crippen LogP contribution is 2.35. The monoisotopic (exact) mass is 334 g/mol. The van der Waals surface area contributed by atoms with Crippen molar-refractivity contribution in [3.8, 4) is 11.8 Å². The molecule has 24 heavy (non-hydrogen) atoms. The largest absolute Gasteiger partial charge is 0.438 e. The topological polar surface area (TPSA) is 38.9 Å². The molecule has 0 amide bonds. The first-order chi connectivity index (χ1) is 11.4. The first-order valence-corrected chi connectivity index (χ1v) is 7.00. The Kier molecular flexibility index (Phi) is 4.21. The molecule has 0 atom stereocenters. The molecule has 2 aromatic heterocycles. The number of aromatic nitrogens is 2. The zero-order valence-corrected chi connectivity index (χ0v) is 12.2. The molecule has 3 nitrogen and oxygen atoms in total. The smallest absolute Gasteiger partial charge is 0.418 e. The molecule has 122 valence electrons. The van der Waals surface area contributed by atoms with E-state index in [0.717, 1.165) is 6.07 Å². The number of halogens is 4. The highest BCUT2D eigenvalue weighted by molar-refractivity contribution is 5.77. The highest BCUT2D eigenvalue weighted by atomic mass is 19.4. The van der Waals surface area contributed by atoms with Crippen molar-refractivity contribution in [1.82, 2.24) is 9.97 Å². The molecule has 0 aliphatic carbocycles. The number of hydrogen-bond acceptors (Lipinski definition) is 3. The zero-order valence-electron chi connectivity index (χ0n) is 12.2. The van der Waals surface area contributed by atoms with Crippen LogP contribution < -0.4 is 0 Å². The van der Waals surface area contributed by atoms with Gasteiger partial charge in [0.25, 0.3) is 0 Å². The number of aryl methyl sites for hydroxylation is 1. The molecular weight excluding hydrogens is 324 g/mol. The maximum Gasteiger partial charge on any atom is 0.418 e. The summed E-state index contributed by atoms with van der Waals surface area (Å²) in [5, 5.41) is 0. The molecule has 3 rings (SSSR count). The number of hydrogen-bond donors (Lipinski definition) is 0. The van der Waals surface area contributed by atoms with E-state index in [-0.39, 0.29) is 12.3 Å². The molecule has 2 heterocycles. The van der Waals surface area contributed by atoms with E-state index in [1.807, 2.05) is 0 Å². The third kappa shape index (κ3) is 3.38. The summed E-state index contributed by atoms with van der Waals surface area (Å²) in [5.41, 5.74) is -1.44. The number of oxazole rings is 1. The van der Waals surface area contributed by atoms with E-state index in [9.17, 15) is 17.6 Å².